The first kappa shape index (κ1) is 23.9. The molecule has 0 unspecified atom stereocenters. The fraction of sp³-hybridized carbons (Fsp3) is 0.0476. The number of hydrogen-bond acceptors (Lipinski definition) is 6. The zero-order chi connectivity index (χ0) is 24.1. The second-order valence-electron chi connectivity index (χ2n) is 6.91. The third kappa shape index (κ3) is 6.00. The van der Waals surface area contributed by atoms with Crippen LogP contribution < -0.4 is 15.4 Å². The van der Waals surface area contributed by atoms with E-state index in [1.807, 2.05) is 0 Å². The Morgan fingerprint density at radius 1 is 0.941 bits per heavy atom. The number of thiocarbonyl (C=S) groups is 1. The molecular weight excluding hydrogens is 517 g/mol. The van der Waals surface area contributed by atoms with Gasteiger partial charge in [0.15, 0.2) is 5.11 Å². The molecule has 0 spiro atoms. The van der Waals surface area contributed by atoms with Gasteiger partial charge in [0, 0.05) is 39.9 Å². The highest BCUT2D eigenvalue weighted by molar-refractivity contribution is 7.92. The van der Waals surface area contributed by atoms with Crippen LogP contribution in [-0.2, 0) is 16.6 Å². The molecule has 2 aromatic carbocycles. The van der Waals surface area contributed by atoms with E-state index in [4.69, 9.17) is 35.4 Å². The molecule has 0 fully saturated rings. The Balaban J connectivity index is 1.35. The summed E-state index contributed by atoms with van der Waals surface area (Å²) in [5, 5.41) is 11.7. The molecule has 9 nitrogen and oxygen atoms in total. The van der Waals surface area contributed by atoms with Crippen molar-refractivity contribution in [2.24, 2.45) is 0 Å². The Morgan fingerprint density at radius 2 is 1.59 bits per heavy atom. The molecule has 0 radical (unpaired) electrons. The van der Waals surface area contributed by atoms with E-state index in [1.54, 1.807) is 53.5 Å². The van der Waals surface area contributed by atoms with Crippen LogP contribution in [0.2, 0.25) is 10.0 Å². The lowest BCUT2D eigenvalue weighted by atomic mass is 10.2. The Morgan fingerprint density at radius 3 is 2.26 bits per heavy atom. The molecule has 2 aromatic heterocycles. The standard InChI is InChI=1S/C21H17Cl2N7O2S2/c22-18-3-1-4-19(23)17(18)13-30-12-15(11-26-30)28-21(33)27-14-5-7-16(8-6-14)34(31,32)29-20-24-9-2-10-25-20/h1-12H,13H2,(H,24,25,29)(H2,27,28,33). The van der Waals surface area contributed by atoms with Crippen molar-refractivity contribution in [2.75, 3.05) is 15.4 Å². The molecule has 34 heavy (non-hydrogen) atoms. The molecule has 4 aromatic rings. The third-order valence-corrected chi connectivity index (χ3v) is 6.74. The van der Waals surface area contributed by atoms with Crippen LogP contribution in [0.1, 0.15) is 5.56 Å². The summed E-state index contributed by atoms with van der Waals surface area (Å²) >= 11 is 17.8. The van der Waals surface area contributed by atoms with Crippen molar-refractivity contribution >= 4 is 67.9 Å². The number of hydrogen-bond donors (Lipinski definition) is 3. The number of sulfonamides is 1. The lowest BCUT2D eigenvalue weighted by Crippen LogP contribution is -2.19. The van der Waals surface area contributed by atoms with Crippen LogP contribution in [0, 0.1) is 0 Å². The van der Waals surface area contributed by atoms with Crippen LogP contribution in [0.4, 0.5) is 17.3 Å². The fourth-order valence-electron chi connectivity index (χ4n) is 2.90. The average molecular weight is 534 g/mol. The predicted octanol–water partition coefficient (Wildman–Crippen LogP) is 4.64. The number of halogens is 2. The van der Waals surface area contributed by atoms with Crippen LogP contribution in [0.15, 0.2) is 78.2 Å². The number of rotatable bonds is 7. The van der Waals surface area contributed by atoms with E-state index in [9.17, 15) is 8.42 Å². The van der Waals surface area contributed by atoms with Gasteiger partial charge in [0.25, 0.3) is 10.0 Å². The maximum Gasteiger partial charge on any atom is 0.264 e. The number of benzene rings is 2. The summed E-state index contributed by atoms with van der Waals surface area (Å²) in [6, 6.07) is 13.0. The Hall–Kier alpha value is -3.25. The summed E-state index contributed by atoms with van der Waals surface area (Å²) in [5.41, 5.74) is 2.03. The van der Waals surface area contributed by atoms with Gasteiger partial charge < -0.3 is 10.6 Å². The molecular formula is C21H17Cl2N7O2S2. The van der Waals surface area contributed by atoms with Gasteiger partial charge in [0.1, 0.15) is 0 Å². The molecule has 0 aliphatic carbocycles. The van der Waals surface area contributed by atoms with Gasteiger partial charge in [0.2, 0.25) is 5.95 Å². The molecule has 0 saturated heterocycles. The van der Waals surface area contributed by atoms with Crippen molar-refractivity contribution in [3.8, 4) is 0 Å². The van der Waals surface area contributed by atoms with Crippen molar-refractivity contribution < 1.29 is 8.42 Å². The normalized spacial score (nSPS) is 11.1. The van der Waals surface area contributed by atoms with Crippen molar-refractivity contribution in [2.45, 2.75) is 11.4 Å². The Labute approximate surface area is 211 Å². The van der Waals surface area contributed by atoms with E-state index in [-0.39, 0.29) is 10.8 Å². The number of aromatic nitrogens is 4. The quantitative estimate of drug-likeness (QED) is 0.294. The maximum atomic E-state index is 12.5. The summed E-state index contributed by atoms with van der Waals surface area (Å²) in [7, 11) is -3.82. The summed E-state index contributed by atoms with van der Waals surface area (Å²) in [6.45, 7) is 0.401. The minimum absolute atomic E-state index is 0.00701. The van der Waals surface area contributed by atoms with E-state index >= 15 is 0 Å². The highest BCUT2D eigenvalue weighted by atomic mass is 35.5. The highest BCUT2D eigenvalue weighted by Crippen LogP contribution is 2.25. The van der Waals surface area contributed by atoms with Crippen LogP contribution in [0.5, 0.6) is 0 Å². The highest BCUT2D eigenvalue weighted by Gasteiger charge is 2.15. The second kappa shape index (κ2) is 10.3. The molecule has 4 rings (SSSR count). The minimum atomic E-state index is -3.82. The largest absolute Gasteiger partial charge is 0.332 e. The summed E-state index contributed by atoms with van der Waals surface area (Å²) < 4.78 is 29.0. The molecule has 0 bridgehead atoms. The van der Waals surface area contributed by atoms with Crippen LogP contribution in [0.3, 0.4) is 0 Å². The fourth-order valence-corrected chi connectivity index (χ4v) is 4.61. The van der Waals surface area contributed by atoms with Gasteiger partial charge in [0.05, 0.1) is 23.3 Å². The lowest BCUT2D eigenvalue weighted by molar-refractivity contribution is 0.601. The third-order valence-electron chi connectivity index (χ3n) is 4.49. The number of anilines is 3. The van der Waals surface area contributed by atoms with Gasteiger partial charge in [-0.1, -0.05) is 29.3 Å². The zero-order valence-corrected chi connectivity index (χ0v) is 20.5. The molecule has 0 atom stereocenters. The predicted molar refractivity (Wildman–Crippen MR) is 137 cm³/mol. The molecule has 0 amide bonds. The van der Waals surface area contributed by atoms with Crippen molar-refractivity contribution in [3.05, 3.63) is 88.9 Å². The molecule has 0 saturated carbocycles. The molecule has 3 N–H and O–H groups in total. The second-order valence-corrected chi connectivity index (χ2v) is 9.81. The van der Waals surface area contributed by atoms with Gasteiger partial charge in [-0.2, -0.15) is 5.10 Å². The van der Waals surface area contributed by atoms with Gasteiger partial charge in [-0.15, -0.1) is 0 Å². The molecule has 0 aliphatic rings. The minimum Gasteiger partial charge on any atom is -0.332 e. The zero-order valence-electron chi connectivity index (χ0n) is 17.3. The molecule has 2 heterocycles. The van der Waals surface area contributed by atoms with Gasteiger partial charge >= 0.3 is 0 Å². The summed E-state index contributed by atoms with van der Waals surface area (Å²) in [6.07, 6.45) is 6.27. The molecule has 0 aliphatic heterocycles. The van der Waals surface area contributed by atoms with Gasteiger partial charge in [-0.3, -0.25) is 4.68 Å². The van der Waals surface area contributed by atoms with Gasteiger partial charge in [-0.05, 0) is 54.7 Å². The number of nitrogens with one attached hydrogen (secondary N) is 3. The SMILES string of the molecule is O=S(=O)(Nc1ncccn1)c1ccc(NC(=S)Nc2cnn(Cc3c(Cl)cccc3Cl)c2)cc1. The van der Waals surface area contributed by atoms with Gasteiger partial charge in [-0.25, -0.2) is 23.1 Å². The maximum absolute atomic E-state index is 12.5. The topological polar surface area (TPSA) is 114 Å². The number of nitrogens with zero attached hydrogens (tertiary/aromatic N) is 4. The van der Waals surface area contributed by atoms with Crippen LogP contribution in [-0.4, -0.2) is 33.3 Å². The van der Waals surface area contributed by atoms with E-state index < -0.39 is 10.0 Å². The van der Waals surface area contributed by atoms with Crippen LogP contribution >= 0.6 is 35.4 Å². The summed E-state index contributed by atoms with van der Waals surface area (Å²) in [5.74, 6) is -0.00701. The monoisotopic (exact) mass is 533 g/mol. The first-order valence-electron chi connectivity index (χ1n) is 9.73. The summed E-state index contributed by atoms with van der Waals surface area (Å²) in [4.78, 5) is 7.78. The van der Waals surface area contributed by atoms with Crippen LogP contribution in [0.25, 0.3) is 0 Å². The van der Waals surface area contributed by atoms with Crippen molar-refractivity contribution in [1.82, 2.24) is 19.7 Å². The van der Waals surface area contributed by atoms with E-state index in [2.05, 4.69) is 30.4 Å². The van der Waals surface area contributed by atoms with Crippen molar-refractivity contribution in [1.29, 1.82) is 0 Å². The van der Waals surface area contributed by atoms with E-state index in [0.717, 1.165) is 5.56 Å². The molecule has 13 heteroatoms. The van der Waals surface area contributed by atoms with E-state index in [1.165, 1.54) is 24.5 Å². The smallest absolute Gasteiger partial charge is 0.264 e. The van der Waals surface area contributed by atoms with E-state index in [0.29, 0.717) is 33.1 Å². The lowest BCUT2D eigenvalue weighted by Gasteiger charge is -2.10. The molecule has 174 valence electrons. The Kier molecular flexibility index (Phi) is 7.27. The first-order chi connectivity index (χ1) is 16.3. The van der Waals surface area contributed by atoms with Crippen molar-refractivity contribution in [3.63, 3.8) is 0 Å². The average Bonchev–Trinajstić information content (AvgIpc) is 3.24. The Bertz CT molecular complexity index is 1390. The first-order valence-corrected chi connectivity index (χ1v) is 12.4.